The molecule has 0 unspecified atom stereocenters. The molecule has 1 aromatic rings. The van der Waals surface area contributed by atoms with Crippen LogP contribution in [0.4, 0.5) is 5.69 Å². The van der Waals surface area contributed by atoms with E-state index < -0.39 is 0 Å². The van der Waals surface area contributed by atoms with Gasteiger partial charge in [0.1, 0.15) is 0 Å². The molecule has 1 aromatic carbocycles. The van der Waals surface area contributed by atoms with Gasteiger partial charge in [-0.25, -0.2) is 0 Å². The van der Waals surface area contributed by atoms with Crippen molar-refractivity contribution in [2.75, 3.05) is 18.9 Å². The van der Waals surface area contributed by atoms with E-state index in [9.17, 15) is 4.79 Å². The first-order valence-electron chi connectivity index (χ1n) is 5.86. The molecule has 0 atom stereocenters. The van der Waals surface area contributed by atoms with Crippen molar-refractivity contribution in [3.63, 3.8) is 0 Å². The Morgan fingerprint density at radius 3 is 2.71 bits per heavy atom. The van der Waals surface area contributed by atoms with Gasteiger partial charge in [-0.15, -0.1) is 0 Å². The third-order valence-corrected chi connectivity index (χ3v) is 3.36. The van der Waals surface area contributed by atoms with Crippen LogP contribution in [0.25, 0.3) is 0 Å². The van der Waals surface area contributed by atoms with Gasteiger partial charge in [-0.05, 0) is 24.5 Å². The first-order valence-corrected chi connectivity index (χ1v) is 5.86. The number of carbonyl (C=O) groups excluding carboxylic acids is 1. The predicted molar refractivity (Wildman–Crippen MR) is 66.3 cm³/mol. The smallest absolute Gasteiger partial charge is 0.224 e. The molecule has 1 amide bonds. The Kier molecular flexibility index (Phi) is 3.33. The fourth-order valence-electron chi connectivity index (χ4n) is 1.78. The largest absolute Gasteiger partial charge is 0.398 e. The van der Waals surface area contributed by atoms with Crippen molar-refractivity contribution in [1.82, 2.24) is 5.32 Å². The summed E-state index contributed by atoms with van der Waals surface area (Å²) >= 11 is 0. The molecule has 1 saturated carbocycles. The van der Waals surface area contributed by atoms with E-state index >= 15 is 0 Å². The quantitative estimate of drug-likeness (QED) is 0.656. The van der Waals surface area contributed by atoms with Crippen molar-refractivity contribution in [2.24, 2.45) is 5.41 Å². The molecular formula is C13H18N2O2. The molecule has 4 heteroatoms. The maximum atomic E-state index is 11.7. The number of aliphatic hydroxyl groups is 1. The van der Waals surface area contributed by atoms with Crippen LogP contribution in [0.1, 0.15) is 18.4 Å². The summed E-state index contributed by atoms with van der Waals surface area (Å²) in [5.41, 5.74) is 7.22. The van der Waals surface area contributed by atoms with Gasteiger partial charge >= 0.3 is 0 Å². The van der Waals surface area contributed by atoms with Gasteiger partial charge in [0, 0.05) is 17.6 Å². The minimum Gasteiger partial charge on any atom is -0.398 e. The topological polar surface area (TPSA) is 75.4 Å². The van der Waals surface area contributed by atoms with E-state index in [0.29, 0.717) is 18.7 Å². The molecule has 1 aliphatic carbocycles. The minimum atomic E-state index is -0.0438. The van der Waals surface area contributed by atoms with Gasteiger partial charge < -0.3 is 16.2 Å². The number of anilines is 1. The summed E-state index contributed by atoms with van der Waals surface area (Å²) in [6.07, 6.45) is 2.29. The molecule has 0 aliphatic heterocycles. The Bertz CT molecular complexity index is 414. The summed E-state index contributed by atoms with van der Waals surface area (Å²) in [5.74, 6) is -0.0392. The maximum Gasteiger partial charge on any atom is 0.224 e. The third-order valence-electron chi connectivity index (χ3n) is 3.36. The standard InChI is InChI=1S/C13H18N2O2/c14-11-4-2-1-3-10(11)7-12(17)15-8-13(9-16)5-6-13/h1-4,16H,5-9,14H2,(H,15,17). The van der Waals surface area contributed by atoms with Crippen LogP contribution in [-0.4, -0.2) is 24.2 Å². The molecule has 4 N–H and O–H groups in total. The average molecular weight is 234 g/mol. The molecule has 0 saturated heterocycles. The van der Waals surface area contributed by atoms with Crippen LogP contribution in [0.2, 0.25) is 0 Å². The van der Waals surface area contributed by atoms with E-state index in [1.54, 1.807) is 6.07 Å². The maximum absolute atomic E-state index is 11.7. The van der Waals surface area contributed by atoms with Crippen molar-refractivity contribution >= 4 is 11.6 Å². The van der Waals surface area contributed by atoms with Gasteiger partial charge in [-0.3, -0.25) is 4.79 Å². The van der Waals surface area contributed by atoms with Crippen molar-refractivity contribution in [2.45, 2.75) is 19.3 Å². The second-order valence-corrected chi connectivity index (χ2v) is 4.81. The monoisotopic (exact) mass is 234 g/mol. The van der Waals surface area contributed by atoms with E-state index in [1.165, 1.54) is 0 Å². The molecule has 0 radical (unpaired) electrons. The number of rotatable bonds is 5. The van der Waals surface area contributed by atoms with Gasteiger partial charge in [0.15, 0.2) is 0 Å². The molecule has 0 spiro atoms. The molecular weight excluding hydrogens is 216 g/mol. The summed E-state index contributed by atoms with van der Waals surface area (Å²) < 4.78 is 0. The summed E-state index contributed by atoms with van der Waals surface area (Å²) in [6.45, 7) is 0.718. The number of para-hydroxylation sites is 1. The van der Waals surface area contributed by atoms with Gasteiger partial charge in [-0.2, -0.15) is 0 Å². The van der Waals surface area contributed by atoms with Crippen LogP contribution in [0.3, 0.4) is 0 Å². The summed E-state index contributed by atoms with van der Waals surface area (Å²) in [5, 5.41) is 12.0. The van der Waals surface area contributed by atoms with Crippen LogP contribution < -0.4 is 11.1 Å². The van der Waals surface area contributed by atoms with E-state index in [4.69, 9.17) is 10.8 Å². The lowest BCUT2D eigenvalue weighted by molar-refractivity contribution is -0.120. The SMILES string of the molecule is Nc1ccccc1CC(=O)NCC1(CO)CC1. The van der Waals surface area contributed by atoms with Crippen LogP contribution in [0.15, 0.2) is 24.3 Å². The van der Waals surface area contributed by atoms with E-state index in [1.807, 2.05) is 18.2 Å². The van der Waals surface area contributed by atoms with Gasteiger partial charge in [0.2, 0.25) is 5.91 Å². The average Bonchev–Trinajstić information content (AvgIpc) is 3.10. The Morgan fingerprint density at radius 1 is 1.41 bits per heavy atom. The molecule has 2 rings (SSSR count). The zero-order valence-corrected chi connectivity index (χ0v) is 9.78. The molecule has 92 valence electrons. The molecule has 0 aromatic heterocycles. The van der Waals surface area contributed by atoms with Gasteiger partial charge in [-0.1, -0.05) is 18.2 Å². The highest BCUT2D eigenvalue weighted by Crippen LogP contribution is 2.44. The molecule has 4 nitrogen and oxygen atoms in total. The number of amides is 1. The molecule has 1 fully saturated rings. The predicted octanol–water partition coefficient (Wildman–Crippen LogP) is 0.700. The van der Waals surface area contributed by atoms with Crippen LogP contribution in [0, 0.1) is 5.41 Å². The van der Waals surface area contributed by atoms with E-state index in [0.717, 1.165) is 18.4 Å². The normalized spacial score (nSPS) is 16.5. The number of carbonyl (C=O) groups is 1. The zero-order valence-electron chi connectivity index (χ0n) is 9.78. The molecule has 0 bridgehead atoms. The fourth-order valence-corrected chi connectivity index (χ4v) is 1.78. The third kappa shape index (κ3) is 2.97. The highest BCUT2D eigenvalue weighted by Gasteiger charge is 2.41. The Hall–Kier alpha value is -1.55. The lowest BCUT2D eigenvalue weighted by atomic mass is 10.1. The van der Waals surface area contributed by atoms with E-state index in [-0.39, 0.29) is 17.9 Å². The number of hydrogen-bond donors (Lipinski definition) is 3. The Morgan fingerprint density at radius 2 is 2.12 bits per heavy atom. The molecule has 1 aliphatic rings. The number of nitrogens with one attached hydrogen (secondary N) is 1. The second-order valence-electron chi connectivity index (χ2n) is 4.81. The Balaban J connectivity index is 1.83. The first-order chi connectivity index (χ1) is 8.15. The highest BCUT2D eigenvalue weighted by atomic mass is 16.3. The Labute approximate surface area is 101 Å². The van der Waals surface area contributed by atoms with Crippen LogP contribution in [0.5, 0.6) is 0 Å². The van der Waals surface area contributed by atoms with E-state index in [2.05, 4.69) is 5.32 Å². The lowest BCUT2D eigenvalue weighted by Crippen LogP contribution is -2.33. The van der Waals surface area contributed by atoms with Crippen molar-refractivity contribution < 1.29 is 9.90 Å². The van der Waals surface area contributed by atoms with Crippen molar-refractivity contribution in [3.05, 3.63) is 29.8 Å². The summed E-state index contributed by atoms with van der Waals surface area (Å²) in [7, 11) is 0. The number of aliphatic hydroxyl groups excluding tert-OH is 1. The van der Waals surface area contributed by atoms with Crippen molar-refractivity contribution in [3.8, 4) is 0 Å². The number of nitrogen functional groups attached to an aromatic ring is 1. The highest BCUT2D eigenvalue weighted by molar-refractivity contribution is 5.80. The second kappa shape index (κ2) is 4.75. The van der Waals surface area contributed by atoms with Crippen molar-refractivity contribution in [1.29, 1.82) is 0 Å². The van der Waals surface area contributed by atoms with Crippen LogP contribution in [-0.2, 0) is 11.2 Å². The van der Waals surface area contributed by atoms with Gasteiger partial charge in [0.25, 0.3) is 0 Å². The number of benzene rings is 1. The summed E-state index contributed by atoms with van der Waals surface area (Å²) in [4.78, 5) is 11.7. The minimum absolute atomic E-state index is 0.0392. The fraction of sp³-hybridized carbons (Fsp3) is 0.462. The molecule has 17 heavy (non-hydrogen) atoms. The van der Waals surface area contributed by atoms with Gasteiger partial charge in [0.05, 0.1) is 13.0 Å². The first kappa shape index (κ1) is 11.9. The summed E-state index contributed by atoms with van der Waals surface area (Å²) in [6, 6.07) is 7.36. The molecule has 0 heterocycles. The lowest BCUT2D eigenvalue weighted by Gasteiger charge is -2.13. The van der Waals surface area contributed by atoms with Crippen LogP contribution >= 0.6 is 0 Å². The number of nitrogens with two attached hydrogens (primary N) is 1. The number of hydrogen-bond acceptors (Lipinski definition) is 3. The zero-order chi connectivity index (χ0) is 12.3.